The Morgan fingerprint density at radius 2 is 2.19 bits per heavy atom. The summed E-state index contributed by atoms with van der Waals surface area (Å²) in [6.07, 6.45) is 3.04. The van der Waals surface area contributed by atoms with Crippen LogP contribution in [-0.4, -0.2) is 47.0 Å². The van der Waals surface area contributed by atoms with Gasteiger partial charge in [-0.3, -0.25) is 14.4 Å². The van der Waals surface area contributed by atoms with E-state index in [4.69, 9.17) is 9.26 Å². The van der Waals surface area contributed by atoms with Crippen molar-refractivity contribution < 1.29 is 23.6 Å². The number of carbonyl (C=O) groups excluding carboxylic acids is 3. The first-order chi connectivity index (χ1) is 12.9. The molecule has 0 radical (unpaired) electrons. The maximum Gasteiger partial charge on any atom is 0.311 e. The number of hydrogen-bond donors (Lipinski definition) is 1. The van der Waals surface area contributed by atoms with Crippen LogP contribution >= 0.6 is 0 Å². The first-order valence-electron chi connectivity index (χ1n) is 9.67. The van der Waals surface area contributed by atoms with Crippen molar-refractivity contribution >= 4 is 23.6 Å². The summed E-state index contributed by atoms with van der Waals surface area (Å²) in [5.41, 5.74) is 0. The van der Waals surface area contributed by atoms with Gasteiger partial charge >= 0.3 is 5.97 Å². The molecule has 1 aromatic rings. The van der Waals surface area contributed by atoms with Crippen LogP contribution in [-0.2, 0) is 19.1 Å². The molecule has 0 aliphatic carbocycles. The normalized spacial score (nSPS) is 18.0. The molecule has 150 valence electrons. The lowest BCUT2D eigenvalue weighted by molar-refractivity contribution is -0.161. The third kappa shape index (κ3) is 6.08. The minimum Gasteiger partial charge on any atom is -0.452 e. The fraction of sp³-hybridized carbons (Fsp3) is 0.684. The van der Waals surface area contributed by atoms with Gasteiger partial charge in [-0.2, -0.15) is 0 Å². The van der Waals surface area contributed by atoms with Crippen LogP contribution in [0.3, 0.4) is 0 Å². The van der Waals surface area contributed by atoms with Crippen molar-refractivity contribution in [1.29, 1.82) is 0 Å². The Bertz CT molecular complexity index is 658. The number of amides is 2. The number of piperidine rings is 1. The fourth-order valence-electron chi connectivity index (χ4n) is 3.12. The van der Waals surface area contributed by atoms with E-state index >= 15 is 0 Å². The van der Waals surface area contributed by atoms with Crippen molar-refractivity contribution in [3.63, 3.8) is 0 Å². The number of nitrogens with zero attached hydrogens (tertiary/aromatic N) is 2. The van der Waals surface area contributed by atoms with Crippen molar-refractivity contribution in [1.82, 2.24) is 10.1 Å². The molecular formula is C19H29N3O5. The molecule has 2 unspecified atom stereocenters. The lowest BCUT2D eigenvalue weighted by Crippen LogP contribution is -2.44. The van der Waals surface area contributed by atoms with Crippen LogP contribution in [0.5, 0.6) is 0 Å². The van der Waals surface area contributed by atoms with Gasteiger partial charge in [0, 0.05) is 25.6 Å². The van der Waals surface area contributed by atoms with Crippen LogP contribution < -0.4 is 5.32 Å². The zero-order valence-corrected chi connectivity index (χ0v) is 16.3. The highest BCUT2D eigenvalue weighted by Crippen LogP contribution is 2.21. The molecular weight excluding hydrogens is 350 g/mol. The third-order valence-corrected chi connectivity index (χ3v) is 4.66. The number of aryl methyl sites for hydroxylation is 1. The number of unbranched alkanes of at least 4 members (excludes halogenated alkanes) is 1. The SMILES string of the molecule is CCCCC(OC(=O)C1CCCN(C(=O)CC)C1)C(=O)Nc1cc(C)on1. The number of carbonyl (C=O) groups is 3. The quantitative estimate of drug-likeness (QED) is 0.697. The van der Waals surface area contributed by atoms with Crippen molar-refractivity contribution in [3.8, 4) is 0 Å². The van der Waals surface area contributed by atoms with Gasteiger partial charge in [0.05, 0.1) is 5.92 Å². The Morgan fingerprint density at radius 3 is 2.81 bits per heavy atom. The fourth-order valence-corrected chi connectivity index (χ4v) is 3.12. The number of likely N-dealkylation sites (tertiary alicyclic amines) is 1. The van der Waals surface area contributed by atoms with Gasteiger partial charge in [0.1, 0.15) is 5.76 Å². The number of rotatable bonds is 8. The van der Waals surface area contributed by atoms with E-state index in [0.29, 0.717) is 43.9 Å². The molecule has 1 aliphatic heterocycles. The van der Waals surface area contributed by atoms with E-state index in [0.717, 1.165) is 19.3 Å². The Labute approximate surface area is 159 Å². The number of aromatic nitrogens is 1. The predicted octanol–water partition coefficient (Wildman–Crippen LogP) is 2.67. The Kier molecular flexibility index (Phi) is 7.82. The van der Waals surface area contributed by atoms with E-state index in [1.807, 2.05) is 6.92 Å². The molecule has 2 amide bonds. The maximum atomic E-state index is 12.6. The molecule has 0 aromatic carbocycles. The zero-order valence-electron chi connectivity index (χ0n) is 16.3. The molecule has 27 heavy (non-hydrogen) atoms. The number of esters is 1. The first-order valence-corrected chi connectivity index (χ1v) is 9.67. The molecule has 1 aliphatic rings. The first kappa shape index (κ1) is 20.9. The summed E-state index contributed by atoms with van der Waals surface area (Å²) in [5, 5.41) is 6.37. The predicted molar refractivity (Wildman–Crippen MR) is 98.9 cm³/mol. The lowest BCUT2D eigenvalue weighted by Gasteiger charge is -2.32. The van der Waals surface area contributed by atoms with Gasteiger partial charge in [-0.15, -0.1) is 0 Å². The molecule has 8 heteroatoms. The van der Waals surface area contributed by atoms with Gasteiger partial charge in [-0.1, -0.05) is 25.4 Å². The monoisotopic (exact) mass is 379 g/mol. The van der Waals surface area contributed by atoms with E-state index in [2.05, 4.69) is 10.5 Å². The summed E-state index contributed by atoms with van der Waals surface area (Å²) in [6, 6.07) is 1.60. The number of nitrogens with one attached hydrogen (secondary N) is 1. The van der Waals surface area contributed by atoms with Gasteiger partial charge in [-0.05, 0) is 32.6 Å². The average molecular weight is 379 g/mol. The van der Waals surface area contributed by atoms with E-state index in [1.54, 1.807) is 24.8 Å². The van der Waals surface area contributed by atoms with Gasteiger partial charge in [0.2, 0.25) is 5.91 Å². The highest BCUT2D eigenvalue weighted by atomic mass is 16.5. The molecule has 2 rings (SSSR count). The molecule has 0 spiro atoms. The average Bonchev–Trinajstić information content (AvgIpc) is 3.08. The minimum absolute atomic E-state index is 0.0363. The Hall–Kier alpha value is -2.38. The summed E-state index contributed by atoms with van der Waals surface area (Å²) in [4.78, 5) is 38.8. The molecule has 0 bridgehead atoms. The Balaban J connectivity index is 1.98. The van der Waals surface area contributed by atoms with E-state index in [1.165, 1.54) is 0 Å². The van der Waals surface area contributed by atoms with Crippen molar-refractivity contribution in [2.24, 2.45) is 5.92 Å². The lowest BCUT2D eigenvalue weighted by atomic mass is 9.97. The second-order valence-electron chi connectivity index (χ2n) is 6.91. The molecule has 2 heterocycles. The molecule has 1 saturated heterocycles. The minimum atomic E-state index is -0.883. The largest absolute Gasteiger partial charge is 0.452 e. The Morgan fingerprint density at radius 1 is 1.41 bits per heavy atom. The van der Waals surface area contributed by atoms with Crippen LogP contribution in [0.1, 0.15) is 58.1 Å². The summed E-state index contributed by atoms with van der Waals surface area (Å²) in [6.45, 7) is 6.57. The molecule has 1 N–H and O–H groups in total. The summed E-state index contributed by atoms with van der Waals surface area (Å²) in [5.74, 6) is -0.309. The van der Waals surface area contributed by atoms with Crippen molar-refractivity contribution in [2.75, 3.05) is 18.4 Å². The second kappa shape index (κ2) is 10.1. The highest BCUT2D eigenvalue weighted by molar-refractivity contribution is 5.94. The standard InChI is InChI=1S/C19H29N3O5/c1-4-6-9-15(18(24)20-16-11-13(3)27-21-16)26-19(25)14-8-7-10-22(12-14)17(23)5-2/h11,14-15H,4-10,12H2,1-3H3,(H,20,21,24). The molecule has 2 atom stereocenters. The van der Waals surface area contributed by atoms with Gasteiger partial charge in [-0.25, -0.2) is 0 Å². The van der Waals surface area contributed by atoms with Crippen molar-refractivity contribution in [3.05, 3.63) is 11.8 Å². The highest BCUT2D eigenvalue weighted by Gasteiger charge is 2.32. The smallest absolute Gasteiger partial charge is 0.311 e. The zero-order chi connectivity index (χ0) is 19.8. The van der Waals surface area contributed by atoms with Crippen LogP contribution in [0.2, 0.25) is 0 Å². The van der Waals surface area contributed by atoms with Crippen LogP contribution in [0.15, 0.2) is 10.6 Å². The molecule has 8 nitrogen and oxygen atoms in total. The van der Waals surface area contributed by atoms with Crippen LogP contribution in [0.4, 0.5) is 5.82 Å². The van der Waals surface area contributed by atoms with Gasteiger partial charge in [0.15, 0.2) is 11.9 Å². The van der Waals surface area contributed by atoms with Gasteiger partial charge < -0.3 is 19.5 Å². The molecule has 0 saturated carbocycles. The summed E-state index contributed by atoms with van der Waals surface area (Å²) < 4.78 is 10.5. The van der Waals surface area contributed by atoms with E-state index in [-0.39, 0.29) is 11.8 Å². The van der Waals surface area contributed by atoms with E-state index in [9.17, 15) is 14.4 Å². The topological polar surface area (TPSA) is 102 Å². The molecule has 1 aromatic heterocycles. The summed E-state index contributed by atoms with van der Waals surface area (Å²) >= 11 is 0. The molecule has 1 fully saturated rings. The van der Waals surface area contributed by atoms with Crippen LogP contribution in [0.25, 0.3) is 0 Å². The number of ether oxygens (including phenoxy) is 1. The van der Waals surface area contributed by atoms with E-state index < -0.39 is 18.0 Å². The number of hydrogen-bond acceptors (Lipinski definition) is 6. The van der Waals surface area contributed by atoms with Gasteiger partial charge in [0.25, 0.3) is 5.91 Å². The second-order valence-corrected chi connectivity index (χ2v) is 6.91. The maximum absolute atomic E-state index is 12.6. The third-order valence-electron chi connectivity index (χ3n) is 4.66. The summed E-state index contributed by atoms with van der Waals surface area (Å²) in [7, 11) is 0. The van der Waals surface area contributed by atoms with Crippen molar-refractivity contribution in [2.45, 2.75) is 65.4 Å². The van der Waals surface area contributed by atoms with Crippen LogP contribution in [0, 0.1) is 12.8 Å². The number of anilines is 1.